The van der Waals surface area contributed by atoms with Crippen LogP contribution in [0.4, 0.5) is 0 Å². The Balaban J connectivity index is 2.42. The van der Waals surface area contributed by atoms with Crippen molar-refractivity contribution in [1.82, 2.24) is 9.80 Å². The molecule has 2 amide bonds. The van der Waals surface area contributed by atoms with E-state index in [1.165, 1.54) is 4.90 Å². The van der Waals surface area contributed by atoms with Crippen molar-refractivity contribution in [1.29, 1.82) is 0 Å². The van der Waals surface area contributed by atoms with Gasteiger partial charge in [0.25, 0.3) is 0 Å². The zero-order chi connectivity index (χ0) is 14.6. The zero-order valence-corrected chi connectivity index (χ0v) is 12.6. The molecule has 0 bridgehead atoms. The van der Waals surface area contributed by atoms with E-state index in [0.717, 1.165) is 25.9 Å². The lowest BCUT2D eigenvalue weighted by atomic mass is 9.85. The Morgan fingerprint density at radius 3 is 2.26 bits per heavy atom. The highest BCUT2D eigenvalue weighted by Gasteiger charge is 2.26. The maximum Gasteiger partial charge on any atom is 0.242 e. The van der Waals surface area contributed by atoms with E-state index in [4.69, 9.17) is 5.73 Å². The highest BCUT2D eigenvalue weighted by atomic mass is 16.2. The zero-order valence-electron chi connectivity index (χ0n) is 12.6. The predicted octanol–water partition coefficient (Wildman–Crippen LogP) is 0.831. The van der Waals surface area contributed by atoms with Crippen molar-refractivity contribution in [2.24, 2.45) is 11.1 Å². The Kier molecular flexibility index (Phi) is 5.35. The van der Waals surface area contributed by atoms with Gasteiger partial charge in [-0.3, -0.25) is 9.59 Å². The Hall–Kier alpha value is -1.10. The lowest BCUT2D eigenvalue weighted by molar-refractivity contribution is -0.139. The van der Waals surface area contributed by atoms with Crippen molar-refractivity contribution in [3.05, 3.63) is 0 Å². The van der Waals surface area contributed by atoms with Crippen LogP contribution in [-0.4, -0.2) is 54.3 Å². The summed E-state index contributed by atoms with van der Waals surface area (Å²) in [5.41, 5.74) is 5.90. The smallest absolute Gasteiger partial charge is 0.242 e. The molecule has 5 heteroatoms. The van der Waals surface area contributed by atoms with E-state index >= 15 is 0 Å². The molecule has 0 aromatic rings. The van der Waals surface area contributed by atoms with Crippen molar-refractivity contribution in [2.45, 2.75) is 46.1 Å². The second kappa shape index (κ2) is 6.37. The third-order valence-electron chi connectivity index (χ3n) is 3.76. The van der Waals surface area contributed by atoms with Crippen molar-refractivity contribution in [2.75, 3.05) is 26.7 Å². The molecule has 1 aliphatic rings. The molecule has 2 N–H and O–H groups in total. The summed E-state index contributed by atoms with van der Waals surface area (Å²) < 4.78 is 0. The summed E-state index contributed by atoms with van der Waals surface area (Å²) in [4.78, 5) is 27.3. The Bertz CT molecular complexity index is 330. The molecule has 1 atom stereocenters. The average Bonchev–Trinajstić information content (AvgIpc) is 2.80. The van der Waals surface area contributed by atoms with Crippen LogP contribution in [0.25, 0.3) is 0 Å². The molecule has 1 unspecified atom stereocenters. The number of carbonyl (C=O) groups excluding carboxylic acids is 2. The van der Waals surface area contributed by atoms with Crippen molar-refractivity contribution >= 4 is 11.8 Å². The van der Waals surface area contributed by atoms with E-state index in [2.05, 4.69) is 0 Å². The third-order valence-corrected chi connectivity index (χ3v) is 3.76. The van der Waals surface area contributed by atoms with Crippen molar-refractivity contribution < 1.29 is 9.59 Å². The number of carbonyl (C=O) groups is 2. The molecule has 0 aromatic carbocycles. The van der Waals surface area contributed by atoms with Crippen LogP contribution in [0, 0.1) is 5.41 Å². The third kappa shape index (κ3) is 4.82. The highest BCUT2D eigenvalue weighted by Crippen LogP contribution is 2.20. The Morgan fingerprint density at radius 2 is 1.79 bits per heavy atom. The van der Waals surface area contributed by atoms with Gasteiger partial charge in [0.05, 0.1) is 6.54 Å². The van der Waals surface area contributed by atoms with E-state index in [9.17, 15) is 9.59 Å². The number of nitrogens with two attached hydrogens (primary N) is 1. The first-order valence-corrected chi connectivity index (χ1v) is 6.99. The van der Waals surface area contributed by atoms with Crippen LogP contribution in [-0.2, 0) is 9.59 Å². The summed E-state index contributed by atoms with van der Waals surface area (Å²) >= 11 is 0. The maximum atomic E-state index is 12.0. The van der Waals surface area contributed by atoms with Gasteiger partial charge in [0, 0.05) is 32.6 Å². The minimum Gasteiger partial charge on any atom is -0.341 e. The summed E-state index contributed by atoms with van der Waals surface area (Å²) in [7, 11) is 1.67. The van der Waals surface area contributed by atoms with Crippen LogP contribution in [0.2, 0.25) is 0 Å². The molecule has 5 nitrogen and oxygen atoms in total. The van der Waals surface area contributed by atoms with Gasteiger partial charge in [0.1, 0.15) is 0 Å². The number of likely N-dealkylation sites (N-methyl/N-ethyl adjacent to an activating group) is 1. The quantitative estimate of drug-likeness (QED) is 0.822. The highest BCUT2D eigenvalue weighted by molar-refractivity contribution is 5.85. The molecule has 0 spiro atoms. The fourth-order valence-corrected chi connectivity index (χ4v) is 2.01. The summed E-state index contributed by atoms with van der Waals surface area (Å²) in [5.74, 6) is -0.0207. The lowest BCUT2D eigenvalue weighted by Gasteiger charge is -2.28. The van der Waals surface area contributed by atoms with Crippen LogP contribution in [0.15, 0.2) is 0 Å². The maximum absolute atomic E-state index is 12.0. The fourth-order valence-electron chi connectivity index (χ4n) is 2.01. The molecule has 1 aliphatic heterocycles. The van der Waals surface area contributed by atoms with E-state index in [1.54, 1.807) is 7.05 Å². The van der Waals surface area contributed by atoms with Gasteiger partial charge in [-0.2, -0.15) is 0 Å². The summed E-state index contributed by atoms with van der Waals surface area (Å²) in [6, 6.07) is -0.190. The van der Waals surface area contributed by atoms with Crippen LogP contribution in [0.5, 0.6) is 0 Å². The molecular weight excluding hydrogens is 242 g/mol. The van der Waals surface area contributed by atoms with E-state index < -0.39 is 0 Å². The minimum absolute atomic E-state index is 0.0395. The molecule has 0 aromatic heterocycles. The molecule has 1 heterocycles. The SMILES string of the molecule is CN(CC(=O)N1CCCC1)C(=O)CC(N)C(C)(C)C. The second-order valence-electron chi connectivity index (χ2n) is 6.51. The van der Waals surface area contributed by atoms with Gasteiger partial charge in [-0.05, 0) is 18.3 Å². The summed E-state index contributed by atoms with van der Waals surface area (Å²) in [5, 5.41) is 0. The van der Waals surface area contributed by atoms with Gasteiger partial charge in [0.2, 0.25) is 11.8 Å². The number of likely N-dealkylation sites (tertiary alicyclic amines) is 1. The molecule has 0 aliphatic carbocycles. The standard InChI is InChI=1S/C14H27N3O2/c1-14(2,3)11(15)9-12(18)16(4)10-13(19)17-7-5-6-8-17/h11H,5-10,15H2,1-4H3. The van der Waals surface area contributed by atoms with Crippen LogP contribution in [0.1, 0.15) is 40.0 Å². The molecule has 0 saturated carbocycles. The predicted molar refractivity (Wildman–Crippen MR) is 75.5 cm³/mol. The van der Waals surface area contributed by atoms with Crippen LogP contribution >= 0.6 is 0 Å². The molecule has 0 radical (unpaired) electrons. The molecule has 19 heavy (non-hydrogen) atoms. The lowest BCUT2D eigenvalue weighted by Crippen LogP contribution is -2.44. The Morgan fingerprint density at radius 1 is 1.26 bits per heavy atom. The molecular formula is C14H27N3O2. The van der Waals surface area contributed by atoms with Gasteiger partial charge < -0.3 is 15.5 Å². The largest absolute Gasteiger partial charge is 0.341 e. The van der Waals surface area contributed by atoms with Gasteiger partial charge in [-0.1, -0.05) is 20.8 Å². The first kappa shape index (κ1) is 16.0. The number of hydrogen-bond donors (Lipinski definition) is 1. The molecule has 110 valence electrons. The summed E-state index contributed by atoms with van der Waals surface area (Å²) in [6.45, 7) is 7.85. The topological polar surface area (TPSA) is 66.6 Å². The number of hydrogen-bond acceptors (Lipinski definition) is 3. The number of rotatable bonds is 4. The first-order chi connectivity index (χ1) is 8.71. The van der Waals surface area contributed by atoms with E-state index in [-0.39, 0.29) is 36.2 Å². The Labute approximate surface area is 116 Å². The average molecular weight is 269 g/mol. The first-order valence-electron chi connectivity index (χ1n) is 6.99. The molecule has 1 rings (SSSR count). The monoisotopic (exact) mass is 269 g/mol. The molecule has 1 fully saturated rings. The minimum atomic E-state index is -0.190. The fraction of sp³-hybridized carbons (Fsp3) is 0.857. The molecule has 1 saturated heterocycles. The van der Waals surface area contributed by atoms with Gasteiger partial charge in [-0.15, -0.1) is 0 Å². The van der Waals surface area contributed by atoms with Crippen LogP contribution in [0.3, 0.4) is 0 Å². The van der Waals surface area contributed by atoms with Crippen LogP contribution < -0.4 is 5.73 Å². The summed E-state index contributed by atoms with van der Waals surface area (Å²) in [6.07, 6.45) is 2.42. The van der Waals surface area contributed by atoms with Gasteiger partial charge in [0.15, 0.2) is 0 Å². The van der Waals surface area contributed by atoms with Gasteiger partial charge >= 0.3 is 0 Å². The van der Waals surface area contributed by atoms with Gasteiger partial charge in [-0.25, -0.2) is 0 Å². The number of amides is 2. The second-order valence-corrected chi connectivity index (χ2v) is 6.51. The van der Waals surface area contributed by atoms with E-state index in [0.29, 0.717) is 0 Å². The van der Waals surface area contributed by atoms with Crippen molar-refractivity contribution in [3.63, 3.8) is 0 Å². The van der Waals surface area contributed by atoms with E-state index in [1.807, 2.05) is 25.7 Å². The normalized spacial score (nSPS) is 17.4. The van der Waals surface area contributed by atoms with Crippen molar-refractivity contribution in [3.8, 4) is 0 Å². The number of nitrogens with zero attached hydrogens (tertiary/aromatic N) is 2.